The summed E-state index contributed by atoms with van der Waals surface area (Å²) in [5.41, 5.74) is 7.61. The minimum absolute atomic E-state index is 0.0833. The van der Waals surface area contributed by atoms with Gasteiger partial charge in [-0.15, -0.1) is 0 Å². The number of imide groups is 1. The summed E-state index contributed by atoms with van der Waals surface area (Å²) in [6, 6.07) is 11.0. The Morgan fingerprint density at radius 2 is 1.69 bits per heavy atom. The zero-order valence-electron chi connectivity index (χ0n) is 26.6. The number of ether oxygens (including phenoxy) is 1. The fraction of sp³-hybridized carbons (Fsp3) is 0.576. The van der Waals surface area contributed by atoms with Crippen molar-refractivity contribution in [3.8, 4) is 0 Å². The number of aliphatic hydroxyl groups excluding tert-OH is 2. The molecule has 2 aromatic rings. The number of nitrogens with two attached hydrogens (primary N) is 1. The van der Waals surface area contributed by atoms with E-state index in [0.717, 1.165) is 17.7 Å². The second kappa shape index (κ2) is 16.9. The lowest BCUT2D eigenvalue weighted by Crippen LogP contribution is -2.53. The van der Waals surface area contributed by atoms with Gasteiger partial charge in [-0.2, -0.15) is 4.31 Å². The van der Waals surface area contributed by atoms with E-state index in [2.05, 4.69) is 0 Å². The van der Waals surface area contributed by atoms with Crippen LogP contribution in [-0.2, 0) is 26.0 Å². The number of aliphatic hydroxyl groups is 2. The molecule has 4 N–H and O–H groups in total. The summed E-state index contributed by atoms with van der Waals surface area (Å²) in [5.74, 6) is -0.242. The van der Waals surface area contributed by atoms with E-state index in [4.69, 9.17) is 22.1 Å². The molecule has 12 heteroatoms. The molecule has 0 spiro atoms. The third-order valence-corrected chi connectivity index (χ3v) is 10.7. The summed E-state index contributed by atoms with van der Waals surface area (Å²) in [7, 11) is -2.75. The van der Waals surface area contributed by atoms with E-state index in [1.807, 2.05) is 13.8 Å². The van der Waals surface area contributed by atoms with Gasteiger partial charge in [0.15, 0.2) is 0 Å². The van der Waals surface area contributed by atoms with Crippen molar-refractivity contribution >= 4 is 33.6 Å². The number of sulfonamides is 1. The van der Waals surface area contributed by atoms with Gasteiger partial charge in [-0.3, -0.25) is 4.79 Å². The number of methoxy groups -OCH3 is 1. The van der Waals surface area contributed by atoms with E-state index in [1.54, 1.807) is 43.3 Å². The fourth-order valence-electron chi connectivity index (χ4n) is 5.54. The second-order valence-electron chi connectivity index (χ2n) is 12.3. The summed E-state index contributed by atoms with van der Waals surface area (Å²) in [5, 5.41) is 20.8. The van der Waals surface area contributed by atoms with Gasteiger partial charge in [0.2, 0.25) is 15.9 Å². The minimum atomic E-state index is -3.97. The van der Waals surface area contributed by atoms with Crippen LogP contribution in [0.2, 0.25) is 5.02 Å². The highest BCUT2D eigenvalue weighted by Gasteiger charge is 2.42. The summed E-state index contributed by atoms with van der Waals surface area (Å²) < 4.78 is 34.0. The highest BCUT2D eigenvalue weighted by Crippen LogP contribution is 2.39. The Hall–Kier alpha value is -2.54. The normalized spacial score (nSPS) is 16.3. The van der Waals surface area contributed by atoms with E-state index < -0.39 is 46.3 Å². The molecule has 4 atom stereocenters. The zero-order valence-corrected chi connectivity index (χ0v) is 28.2. The van der Waals surface area contributed by atoms with Crippen LogP contribution in [-0.4, -0.2) is 78.2 Å². The third kappa shape index (κ3) is 9.97. The molecule has 45 heavy (non-hydrogen) atoms. The van der Waals surface area contributed by atoms with Gasteiger partial charge in [0.25, 0.3) is 0 Å². The van der Waals surface area contributed by atoms with Crippen molar-refractivity contribution in [1.82, 2.24) is 9.21 Å². The first-order chi connectivity index (χ1) is 21.3. The van der Waals surface area contributed by atoms with Crippen LogP contribution in [0.4, 0.5) is 4.79 Å². The van der Waals surface area contributed by atoms with Gasteiger partial charge in [-0.05, 0) is 93.0 Å². The molecule has 0 heterocycles. The van der Waals surface area contributed by atoms with Gasteiger partial charge in [-0.1, -0.05) is 55.8 Å². The third-order valence-electron chi connectivity index (χ3n) is 8.37. The average molecular weight is 666 g/mol. The molecule has 0 bridgehead atoms. The molecule has 0 unspecified atom stereocenters. The maximum Gasteiger partial charge on any atom is 0.416 e. The molecular weight excluding hydrogens is 618 g/mol. The molecule has 0 radical (unpaired) electrons. The first-order valence-corrected chi connectivity index (χ1v) is 17.4. The molecule has 250 valence electrons. The largest absolute Gasteiger partial charge is 0.452 e. The van der Waals surface area contributed by atoms with Crippen LogP contribution < -0.4 is 5.73 Å². The molecular formula is C33H48ClN3O7S. The lowest BCUT2D eigenvalue weighted by Gasteiger charge is -2.33. The summed E-state index contributed by atoms with van der Waals surface area (Å²) >= 11 is 6.28. The Balaban J connectivity index is 1.79. The highest BCUT2D eigenvalue weighted by molar-refractivity contribution is 7.89. The smallest absolute Gasteiger partial charge is 0.416 e. The van der Waals surface area contributed by atoms with E-state index in [0.29, 0.717) is 41.8 Å². The Kier molecular flexibility index (Phi) is 13.8. The van der Waals surface area contributed by atoms with Crippen LogP contribution in [0.25, 0.3) is 0 Å². The molecule has 0 saturated heterocycles. The number of rotatable bonds is 17. The molecule has 1 fully saturated rings. The van der Waals surface area contributed by atoms with E-state index in [9.17, 15) is 28.2 Å². The van der Waals surface area contributed by atoms with Crippen LogP contribution in [0.1, 0.15) is 76.5 Å². The molecule has 1 aliphatic carbocycles. The molecule has 2 aromatic carbocycles. The van der Waals surface area contributed by atoms with Crippen molar-refractivity contribution in [1.29, 1.82) is 0 Å². The molecule has 0 aliphatic heterocycles. The topological polar surface area (TPSA) is 150 Å². The first-order valence-electron chi connectivity index (χ1n) is 15.6. The van der Waals surface area contributed by atoms with Crippen molar-refractivity contribution < 1.29 is 33.0 Å². The average Bonchev–Trinajstić information content (AvgIpc) is 3.85. The van der Waals surface area contributed by atoms with Gasteiger partial charge in [0.05, 0.1) is 30.8 Å². The predicted molar refractivity (Wildman–Crippen MR) is 174 cm³/mol. The number of amides is 2. The second-order valence-corrected chi connectivity index (χ2v) is 14.6. The standard InChI is InChI=1S/C33H48ClN3O7S/c1-22(2)18-19-36(45(42,43)28-16-14-24(15-17-28)23(3)39)27(21-38)9-7-11-31(25-12-13-25)37(33(41)44-4)32(40)30(35)20-26-8-5-6-10-29(26)34/h5-6,8,10,14-17,22-23,25,27,30-31,38-39H,7,9,11-13,18-21,35H2,1-4H3/t23-,27-,30-,31+/m0/s1. The lowest BCUT2D eigenvalue weighted by molar-refractivity contribution is -0.133. The Labute approximate surface area is 272 Å². The molecule has 1 saturated carbocycles. The summed E-state index contributed by atoms with van der Waals surface area (Å²) in [6.45, 7) is 5.45. The lowest BCUT2D eigenvalue weighted by atomic mass is 9.99. The van der Waals surface area contributed by atoms with Crippen molar-refractivity contribution in [3.05, 3.63) is 64.7 Å². The van der Waals surface area contributed by atoms with Gasteiger partial charge in [0.1, 0.15) is 0 Å². The first kappa shape index (κ1) is 36.9. The minimum Gasteiger partial charge on any atom is -0.452 e. The van der Waals surface area contributed by atoms with Crippen molar-refractivity contribution in [2.24, 2.45) is 17.6 Å². The van der Waals surface area contributed by atoms with Crippen LogP contribution in [0.5, 0.6) is 0 Å². The van der Waals surface area contributed by atoms with Crippen LogP contribution in [0, 0.1) is 11.8 Å². The maximum atomic E-state index is 13.8. The van der Waals surface area contributed by atoms with Crippen LogP contribution in [0.15, 0.2) is 53.4 Å². The Morgan fingerprint density at radius 3 is 2.22 bits per heavy atom. The Morgan fingerprint density at radius 1 is 1.04 bits per heavy atom. The number of carbonyl (C=O) groups is 2. The van der Waals surface area contributed by atoms with Crippen molar-refractivity contribution in [3.63, 3.8) is 0 Å². The van der Waals surface area contributed by atoms with Gasteiger partial charge < -0.3 is 20.7 Å². The number of carbonyl (C=O) groups excluding carboxylic acids is 2. The molecule has 0 aromatic heterocycles. The van der Waals surface area contributed by atoms with Crippen LogP contribution in [0.3, 0.4) is 0 Å². The van der Waals surface area contributed by atoms with Gasteiger partial charge in [-0.25, -0.2) is 18.1 Å². The molecule has 10 nitrogen and oxygen atoms in total. The molecule has 2 amide bonds. The Bertz CT molecular complexity index is 1370. The number of nitrogens with zero attached hydrogens (tertiary/aromatic N) is 2. The van der Waals surface area contributed by atoms with Gasteiger partial charge in [0, 0.05) is 23.7 Å². The molecule has 3 rings (SSSR count). The van der Waals surface area contributed by atoms with E-state index >= 15 is 0 Å². The van der Waals surface area contributed by atoms with Gasteiger partial charge >= 0.3 is 6.09 Å². The van der Waals surface area contributed by atoms with E-state index in [-0.39, 0.29) is 36.3 Å². The van der Waals surface area contributed by atoms with E-state index in [1.165, 1.54) is 23.5 Å². The van der Waals surface area contributed by atoms with Crippen LogP contribution >= 0.6 is 11.6 Å². The maximum absolute atomic E-state index is 13.8. The summed E-state index contributed by atoms with van der Waals surface area (Å²) in [4.78, 5) is 27.8. The predicted octanol–water partition coefficient (Wildman–Crippen LogP) is 4.90. The monoisotopic (exact) mass is 665 g/mol. The summed E-state index contributed by atoms with van der Waals surface area (Å²) in [6.07, 6.45) is 2.08. The molecule has 1 aliphatic rings. The number of hydrogen-bond donors (Lipinski definition) is 3. The highest BCUT2D eigenvalue weighted by atomic mass is 35.5. The number of hydrogen-bond acceptors (Lipinski definition) is 8. The van der Waals surface area contributed by atoms with Crippen molar-refractivity contribution in [2.75, 3.05) is 20.3 Å². The fourth-order valence-corrected chi connectivity index (χ4v) is 7.41. The zero-order chi connectivity index (χ0) is 33.3. The van der Waals surface area contributed by atoms with Crippen molar-refractivity contribution in [2.45, 2.75) is 94.8 Å². The number of halogens is 1. The SMILES string of the molecule is COC(=O)N(C(=O)[C@@H](N)Cc1ccccc1Cl)[C@H](CCC[C@@H](CO)N(CCC(C)C)S(=O)(=O)c1ccc([C@H](C)O)cc1)C1CC1. The number of benzene rings is 2. The quantitative estimate of drug-likeness (QED) is 0.216.